The molecule has 8 rings (SSSR count). The highest BCUT2D eigenvalue weighted by molar-refractivity contribution is 5.73. The number of allylic oxidation sites excluding steroid dienone is 11. The summed E-state index contributed by atoms with van der Waals surface area (Å²) >= 11 is 0. The van der Waals surface area contributed by atoms with Gasteiger partial charge in [0.05, 0.1) is 0 Å². The lowest BCUT2D eigenvalue weighted by Crippen LogP contribution is -2.27. The zero-order valence-corrected chi connectivity index (χ0v) is 28.0. The highest BCUT2D eigenvalue weighted by atomic mass is 15.2. The average molecular weight is 624 g/mol. The average Bonchev–Trinajstić information content (AvgIpc) is 3.16. The number of rotatable bonds is 8. The van der Waals surface area contributed by atoms with Crippen LogP contribution >= 0.6 is 0 Å². The Morgan fingerprint density at radius 1 is 0.667 bits per heavy atom. The summed E-state index contributed by atoms with van der Waals surface area (Å²) in [6.07, 6.45) is 27.1. The zero-order valence-electron chi connectivity index (χ0n) is 28.0. The number of hydrogen-bond donors (Lipinski definition) is 0. The van der Waals surface area contributed by atoms with Crippen molar-refractivity contribution in [3.05, 3.63) is 192 Å². The van der Waals surface area contributed by atoms with Crippen LogP contribution in [-0.2, 0) is 6.42 Å². The molecule has 0 aliphatic heterocycles. The fraction of sp³-hybridized carbons (Fsp3) is 0.234. The minimum atomic E-state index is 0.320. The van der Waals surface area contributed by atoms with Crippen LogP contribution in [0.2, 0.25) is 0 Å². The van der Waals surface area contributed by atoms with Crippen molar-refractivity contribution >= 4 is 11.4 Å². The molecule has 4 aromatic carbocycles. The fourth-order valence-electron chi connectivity index (χ4n) is 8.52. The summed E-state index contributed by atoms with van der Waals surface area (Å²) < 4.78 is 0. The summed E-state index contributed by atoms with van der Waals surface area (Å²) in [6, 6.07) is 40.5. The van der Waals surface area contributed by atoms with Gasteiger partial charge in [-0.2, -0.15) is 0 Å². The standard InChI is InChI=1S/C47H45N/c1-34-23-32-45(44-21-11-10-19-42(34)44)46(39-13-4-2-5-14-39)33-35-24-26-36(27-25-35)37-28-30-41(31-29-37)48(40-17-6-3-7-18-40)47-22-12-16-38-15-8-9-20-43(38)47/h2-9,12-18,20,22-32,34,38,42-43,46H,10-11,19,21,33H2,1H3. The molecular weight excluding hydrogens is 579 g/mol. The van der Waals surface area contributed by atoms with Gasteiger partial charge in [-0.1, -0.05) is 152 Å². The van der Waals surface area contributed by atoms with Crippen molar-refractivity contribution < 1.29 is 0 Å². The predicted molar refractivity (Wildman–Crippen MR) is 203 cm³/mol. The van der Waals surface area contributed by atoms with Crippen molar-refractivity contribution in [2.24, 2.45) is 23.7 Å². The molecule has 0 bridgehead atoms. The molecule has 238 valence electrons. The summed E-state index contributed by atoms with van der Waals surface area (Å²) in [6.45, 7) is 2.41. The van der Waals surface area contributed by atoms with E-state index < -0.39 is 0 Å². The van der Waals surface area contributed by atoms with Crippen molar-refractivity contribution in [1.82, 2.24) is 0 Å². The van der Waals surface area contributed by atoms with Gasteiger partial charge in [0, 0.05) is 34.8 Å². The second-order valence-electron chi connectivity index (χ2n) is 14.0. The molecule has 0 radical (unpaired) electrons. The second kappa shape index (κ2) is 13.7. The normalized spacial score (nSPS) is 23.3. The van der Waals surface area contributed by atoms with Crippen LogP contribution in [0.5, 0.6) is 0 Å². The van der Waals surface area contributed by atoms with E-state index in [-0.39, 0.29) is 0 Å². The van der Waals surface area contributed by atoms with E-state index in [1.165, 1.54) is 65.0 Å². The first-order chi connectivity index (χ1) is 23.7. The van der Waals surface area contributed by atoms with Crippen LogP contribution in [0.3, 0.4) is 0 Å². The van der Waals surface area contributed by atoms with Crippen LogP contribution in [0.15, 0.2) is 181 Å². The van der Waals surface area contributed by atoms with E-state index in [0.717, 1.165) is 12.3 Å². The number of para-hydroxylation sites is 1. The van der Waals surface area contributed by atoms with E-state index in [0.29, 0.717) is 23.7 Å². The molecule has 1 heteroatoms. The lowest BCUT2D eigenvalue weighted by Gasteiger charge is -2.36. The Kier molecular flexibility index (Phi) is 8.69. The maximum atomic E-state index is 2.49. The predicted octanol–water partition coefficient (Wildman–Crippen LogP) is 12.3. The van der Waals surface area contributed by atoms with Gasteiger partial charge in [-0.15, -0.1) is 0 Å². The first-order valence-corrected chi connectivity index (χ1v) is 18.0. The van der Waals surface area contributed by atoms with Gasteiger partial charge in [0.15, 0.2) is 0 Å². The van der Waals surface area contributed by atoms with Gasteiger partial charge in [-0.25, -0.2) is 0 Å². The van der Waals surface area contributed by atoms with Crippen molar-refractivity contribution in [3.63, 3.8) is 0 Å². The molecule has 0 saturated heterocycles. The van der Waals surface area contributed by atoms with E-state index in [9.17, 15) is 0 Å². The van der Waals surface area contributed by atoms with E-state index >= 15 is 0 Å². The summed E-state index contributed by atoms with van der Waals surface area (Å²) in [4.78, 5) is 2.42. The van der Waals surface area contributed by atoms with E-state index in [1.807, 2.05) is 0 Å². The van der Waals surface area contributed by atoms with Crippen LogP contribution in [0.4, 0.5) is 11.4 Å². The third kappa shape index (κ3) is 6.11. The highest BCUT2D eigenvalue weighted by Crippen LogP contribution is 2.45. The Morgan fingerprint density at radius 2 is 1.33 bits per heavy atom. The summed E-state index contributed by atoms with van der Waals surface area (Å²) in [7, 11) is 0. The molecule has 0 aromatic heterocycles. The Bertz CT molecular complexity index is 1900. The highest BCUT2D eigenvalue weighted by Gasteiger charge is 2.31. The third-order valence-electron chi connectivity index (χ3n) is 11.1. The maximum absolute atomic E-state index is 2.49. The van der Waals surface area contributed by atoms with Crippen LogP contribution in [-0.4, -0.2) is 0 Å². The monoisotopic (exact) mass is 623 g/mol. The van der Waals surface area contributed by atoms with Crippen molar-refractivity contribution in [1.29, 1.82) is 0 Å². The van der Waals surface area contributed by atoms with Crippen LogP contribution in [0, 0.1) is 23.7 Å². The molecule has 0 N–H and O–H groups in total. The number of hydrogen-bond acceptors (Lipinski definition) is 1. The number of fused-ring (bicyclic) bond motifs is 2. The lowest BCUT2D eigenvalue weighted by molar-refractivity contribution is 0.371. The summed E-state index contributed by atoms with van der Waals surface area (Å²) in [5, 5.41) is 0. The van der Waals surface area contributed by atoms with Gasteiger partial charge in [0.2, 0.25) is 0 Å². The molecule has 1 nitrogen and oxygen atoms in total. The van der Waals surface area contributed by atoms with Gasteiger partial charge in [-0.3, -0.25) is 0 Å². The Hall–Kier alpha value is -4.88. The third-order valence-corrected chi connectivity index (χ3v) is 11.1. The van der Waals surface area contributed by atoms with E-state index in [4.69, 9.17) is 0 Å². The van der Waals surface area contributed by atoms with Gasteiger partial charge < -0.3 is 4.90 Å². The van der Waals surface area contributed by atoms with Crippen molar-refractivity contribution in [2.45, 2.75) is 44.9 Å². The van der Waals surface area contributed by atoms with Gasteiger partial charge in [0.25, 0.3) is 0 Å². The summed E-state index contributed by atoms with van der Waals surface area (Å²) in [5.74, 6) is 2.47. The molecule has 0 spiro atoms. The van der Waals surface area contributed by atoms with Crippen LogP contribution in [0.1, 0.15) is 49.7 Å². The lowest BCUT2D eigenvalue weighted by atomic mass is 9.68. The van der Waals surface area contributed by atoms with Crippen molar-refractivity contribution in [3.8, 4) is 11.1 Å². The van der Waals surface area contributed by atoms with E-state index in [1.54, 1.807) is 11.1 Å². The Balaban J connectivity index is 1.06. The Morgan fingerprint density at radius 3 is 2.10 bits per heavy atom. The minimum Gasteiger partial charge on any atom is -0.314 e. The number of nitrogens with zero attached hydrogens (tertiary/aromatic N) is 1. The van der Waals surface area contributed by atoms with E-state index in [2.05, 4.69) is 176 Å². The molecule has 5 atom stereocenters. The molecule has 1 fully saturated rings. The molecule has 4 aliphatic rings. The van der Waals surface area contributed by atoms with Gasteiger partial charge in [-0.05, 0) is 95.7 Å². The molecule has 0 amide bonds. The SMILES string of the molecule is CC1C=CC(C(Cc2ccc(-c3ccc(N(C4=CC=CC5C=CC=CC45)c4ccccc4)cc3)cc2)c2ccccc2)=C2CCCCC21. The molecule has 1 saturated carbocycles. The van der Waals surface area contributed by atoms with Crippen molar-refractivity contribution in [2.75, 3.05) is 4.90 Å². The molecular formula is C47H45N. The quantitative estimate of drug-likeness (QED) is 0.189. The minimum absolute atomic E-state index is 0.320. The number of anilines is 2. The Labute approximate surface area is 287 Å². The smallest absolute Gasteiger partial charge is 0.0459 e. The zero-order chi connectivity index (χ0) is 32.3. The fourth-order valence-corrected chi connectivity index (χ4v) is 8.52. The summed E-state index contributed by atoms with van der Waals surface area (Å²) in [5.41, 5.74) is 12.3. The van der Waals surface area contributed by atoms with Gasteiger partial charge >= 0.3 is 0 Å². The molecule has 4 aromatic rings. The first kappa shape index (κ1) is 30.5. The topological polar surface area (TPSA) is 3.24 Å². The largest absolute Gasteiger partial charge is 0.314 e. The molecule has 4 aliphatic carbocycles. The maximum Gasteiger partial charge on any atom is 0.0459 e. The first-order valence-electron chi connectivity index (χ1n) is 18.0. The van der Waals surface area contributed by atoms with Crippen LogP contribution < -0.4 is 4.90 Å². The second-order valence-corrected chi connectivity index (χ2v) is 14.0. The van der Waals surface area contributed by atoms with Gasteiger partial charge in [0.1, 0.15) is 0 Å². The molecule has 5 unspecified atom stereocenters. The van der Waals surface area contributed by atoms with Crippen LogP contribution in [0.25, 0.3) is 11.1 Å². The molecule has 0 heterocycles. The number of benzene rings is 4. The molecule has 48 heavy (non-hydrogen) atoms.